The molecule has 0 bridgehead atoms. The third-order valence-corrected chi connectivity index (χ3v) is 4.14. The third-order valence-electron chi connectivity index (χ3n) is 4.14. The Kier molecular flexibility index (Phi) is 8.42. The van der Waals surface area contributed by atoms with Gasteiger partial charge in [0.25, 0.3) is 0 Å². The molecule has 4 nitrogen and oxygen atoms in total. The fourth-order valence-corrected chi connectivity index (χ4v) is 3.18. The molecule has 1 atom stereocenters. The van der Waals surface area contributed by atoms with Crippen molar-refractivity contribution >= 4 is 18.3 Å². The second-order valence-electron chi connectivity index (χ2n) is 6.33. The normalized spacial score (nSPS) is 17.5. The van der Waals surface area contributed by atoms with Gasteiger partial charge in [-0.2, -0.15) is 0 Å². The summed E-state index contributed by atoms with van der Waals surface area (Å²) in [5.41, 5.74) is 2.37. The number of benzene rings is 1. The Morgan fingerprint density at radius 2 is 2.00 bits per heavy atom. The van der Waals surface area contributed by atoms with Gasteiger partial charge in [0.05, 0.1) is 13.0 Å². The number of likely N-dealkylation sites (tertiary alicyclic amines) is 1. The van der Waals surface area contributed by atoms with Crippen LogP contribution in [0, 0.1) is 19.8 Å². The fraction of sp³-hybridized carbons (Fsp3) is 0.611. The molecule has 1 N–H and O–H groups in total. The van der Waals surface area contributed by atoms with Gasteiger partial charge in [-0.3, -0.25) is 4.79 Å². The van der Waals surface area contributed by atoms with Gasteiger partial charge < -0.3 is 15.0 Å². The lowest BCUT2D eigenvalue weighted by atomic mass is 9.98. The van der Waals surface area contributed by atoms with Crippen LogP contribution >= 0.6 is 12.4 Å². The molecule has 1 aliphatic heterocycles. The smallest absolute Gasteiger partial charge is 0.226 e. The molecule has 1 fully saturated rings. The lowest BCUT2D eigenvalue weighted by molar-refractivity contribution is -0.133. The summed E-state index contributed by atoms with van der Waals surface area (Å²) in [7, 11) is 1.97. The average Bonchev–Trinajstić information content (AvgIpc) is 2.47. The Balaban J connectivity index is 0.00000264. The number of nitrogens with one attached hydrogen (secondary N) is 1. The molecule has 1 unspecified atom stereocenters. The van der Waals surface area contributed by atoms with Crippen molar-refractivity contribution in [2.45, 2.75) is 33.1 Å². The SMILES string of the molecule is CNCC1CCCN(C(=O)CCOc2cc(C)cc(C)c2)C1.Cl. The van der Waals surface area contributed by atoms with Gasteiger partial charge >= 0.3 is 0 Å². The van der Waals surface area contributed by atoms with Gasteiger partial charge in [-0.05, 0) is 69.5 Å². The van der Waals surface area contributed by atoms with Gasteiger partial charge in [0.15, 0.2) is 0 Å². The molecule has 1 heterocycles. The van der Waals surface area contributed by atoms with Gasteiger partial charge in [-0.25, -0.2) is 0 Å². The van der Waals surface area contributed by atoms with Crippen LogP contribution in [0.5, 0.6) is 5.75 Å². The maximum Gasteiger partial charge on any atom is 0.226 e. The molecule has 0 aromatic heterocycles. The summed E-state index contributed by atoms with van der Waals surface area (Å²) < 4.78 is 5.74. The summed E-state index contributed by atoms with van der Waals surface area (Å²) in [6.45, 7) is 7.32. The lowest BCUT2D eigenvalue weighted by Crippen LogP contribution is -2.42. The number of carbonyl (C=O) groups excluding carboxylic acids is 1. The Morgan fingerprint density at radius 3 is 2.65 bits per heavy atom. The lowest BCUT2D eigenvalue weighted by Gasteiger charge is -2.32. The summed E-state index contributed by atoms with van der Waals surface area (Å²) in [6.07, 6.45) is 2.78. The summed E-state index contributed by atoms with van der Waals surface area (Å²) in [5.74, 6) is 1.66. The molecule has 0 saturated carbocycles. The van der Waals surface area contributed by atoms with E-state index < -0.39 is 0 Å². The van der Waals surface area contributed by atoms with Crippen LogP contribution in [-0.2, 0) is 4.79 Å². The number of rotatable bonds is 6. The molecule has 0 aliphatic carbocycles. The first-order valence-electron chi connectivity index (χ1n) is 8.22. The van der Waals surface area contributed by atoms with Crippen molar-refractivity contribution in [1.82, 2.24) is 10.2 Å². The van der Waals surface area contributed by atoms with Crippen molar-refractivity contribution < 1.29 is 9.53 Å². The van der Waals surface area contributed by atoms with E-state index in [9.17, 15) is 4.79 Å². The standard InChI is InChI=1S/C18H28N2O2.ClH/c1-14-9-15(2)11-17(10-14)22-8-6-18(21)20-7-4-5-16(13-20)12-19-3;/h9-11,16,19H,4-8,12-13H2,1-3H3;1H. The van der Waals surface area contributed by atoms with E-state index in [2.05, 4.69) is 25.2 Å². The highest BCUT2D eigenvalue weighted by atomic mass is 35.5. The first-order chi connectivity index (χ1) is 10.6. The van der Waals surface area contributed by atoms with Gasteiger partial charge in [0.2, 0.25) is 5.91 Å². The van der Waals surface area contributed by atoms with Crippen LogP contribution in [0.25, 0.3) is 0 Å². The summed E-state index contributed by atoms with van der Waals surface area (Å²) in [5, 5.41) is 3.21. The Morgan fingerprint density at radius 1 is 1.30 bits per heavy atom. The van der Waals surface area contributed by atoms with E-state index in [4.69, 9.17) is 4.74 Å². The Bertz CT molecular complexity index is 486. The molecule has 1 aromatic carbocycles. The topological polar surface area (TPSA) is 41.6 Å². The second-order valence-corrected chi connectivity index (χ2v) is 6.33. The molecule has 5 heteroatoms. The van der Waals surface area contributed by atoms with Crippen LogP contribution < -0.4 is 10.1 Å². The summed E-state index contributed by atoms with van der Waals surface area (Å²) in [6, 6.07) is 6.15. The predicted molar refractivity (Wildman–Crippen MR) is 96.5 cm³/mol. The van der Waals surface area contributed by atoms with E-state index in [1.807, 2.05) is 24.1 Å². The number of hydrogen-bond donors (Lipinski definition) is 1. The van der Waals surface area contributed by atoms with Gasteiger partial charge in [0.1, 0.15) is 5.75 Å². The highest BCUT2D eigenvalue weighted by Crippen LogP contribution is 2.18. The maximum atomic E-state index is 12.3. The minimum atomic E-state index is 0. The highest BCUT2D eigenvalue weighted by Gasteiger charge is 2.22. The third kappa shape index (κ3) is 6.40. The molecular formula is C18H29ClN2O2. The zero-order valence-electron chi connectivity index (χ0n) is 14.4. The molecule has 1 saturated heterocycles. The van der Waals surface area contributed by atoms with Crippen molar-refractivity contribution in [3.05, 3.63) is 29.3 Å². The van der Waals surface area contributed by atoms with Crippen LogP contribution in [0.4, 0.5) is 0 Å². The van der Waals surface area contributed by atoms with Gasteiger partial charge in [-0.1, -0.05) is 6.07 Å². The van der Waals surface area contributed by atoms with Crippen LogP contribution in [0.3, 0.4) is 0 Å². The number of carbonyl (C=O) groups is 1. The van der Waals surface area contributed by atoms with Crippen LogP contribution in [0.15, 0.2) is 18.2 Å². The van der Waals surface area contributed by atoms with Crippen molar-refractivity contribution in [2.24, 2.45) is 5.92 Å². The Labute approximate surface area is 146 Å². The number of amides is 1. The van der Waals surface area contributed by atoms with E-state index in [0.717, 1.165) is 31.8 Å². The van der Waals surface area contributed by atoms with Crippen molar-refractivity contribution in [3.63, 3.8) is 0 Å². The van der Waals surface area contributed by atoms with E-state index >= 15 is 0 Å². The quantitative estimate of drug-likeness (QED) is 0.865. The molecule has 23 heavy (non-hydrogen) atoms. The van der Waals surface area contributed by atoms with Crippen LogP contribution in [0.1, 0.15) is 30.4 Å². The van der Waals surface area contributed by atoms with Crippen LogP contribution in [0.2, 0.25) is 0 Å². The van der Waals surface area contributed by atoms with Crippen molar-refractivity contribution in [3.8, 4) is 5.75 Å². The van der Waals surface area contributed by atoms with Gasteiger partial charge in [-0.15, -0.1) is 12.4 Å². The number of ether oxygens (including phenoxy) is 1. The first-order valence-corrected chi connectivity index (χ1v) is 8.22. The molecule has 2 rings (SSSR count). The summed E-state index contributed by atoms with van der Waals surface area (Å²) in [4.78, 5) is 14.3. The molecule has 1 aliphatic rings. The Hall–Kier alpha value is -1.26. The molecule has 1 amide bonds. The zero-order valence-corrected chi connectivity index (χ0v) is 15.2. The van der Waals surface area contributed by atoms with Crippen molar-refractivity contribution in [1.29, 1.82) is 0 Å². The van der Waals surface area contributed by atoms with E-state index in [0.29, 0.717) is 18.9 Å². The highest BCUT2D eigenvalue weighted by molar-refractivity contribution is 5.85. The monoisotopic (exact) mass is 340 g/mol. The first kappa shape index (κ1) is 19.8. The van der Waals surface area contributed by atoms with Gasteiger partial charge in [0, 0.05) is 13.1 Å². The zero-order chi connectivity index (χ0) is 15.9. The largest absolute Gasteiger partial charge is 0.493 e. The molecule has 130 valence electrons. The molecule has 1 aromatic rings. The molecule has 0 spiro atoms. The van der Waals surface area contributed by atoms with E-state index in [1.165, 1.54) is 17.5 Å². The number of aryl methyl sites for hydroxylation is 2. The molecular weight excluding hydrogens is 312 g/mol. The minimum absolute atomic E-state index is 0. The van der Waals surface area contributed by atoms with Crippen molar-refractivity contribution in [2.75, 3.05) is 33.3 Å². The number of halogens is 1. The number of nitrogens with zero attached hydrogens (tertiary/aromatic N) is 1. The summed E-state index contributed by atoms with van der Waals surface area (Å²) >= 11 is 0. The second kappa shape index (κ2) is 9.78. The number of piperidine rings is 1. The maximum absolute atomic E-state index is 12.3. The fourth-order valence-electron chi connectivity index (χ4n) is 3.18. The predicted octanol–water partition coefficient (Wildman–Crippen LogP) is 2.95. The van der Waals surface area contributed by atoms with E-state index in [-0.39, 0.29) is 18.3 Å². The van der Waals surface area contributed by atoms with E-state index in [1.54, 1.807) is 0 Å². The van der Waals surface area contributed by atoms with Crippen LogP contribution in [-0.4, -0.2) is 44.1 Å². The number of hydrogen-bond acceptors (Lipinski definition) is 3. The molecule has 0 radical (unpaired) electrons. The minimum Gasteiger partial charge on any atom is -0.493 e. The average molecular weight is 341 g/mol.